The Kier molecular flexibility index (Phi) is 4.49. The van der Waals surface area contributed by atoms with E-state index in [2.05, 4.69) is 15.5 Å². The molecule has 1 aromatic carbocycles. The number of fused-ring (bicyclic) bond motifs is 1. The lowest BCUT2D eigenvalue weighted by Crippen LogP contribution is -2.15. The summed E-state index contributed by atoms with van der Waals surface area (Å²) in [7, 11) is 5.18. The van der Waals surface area contributed by atoms with Gasteiger partial charge in [-0.15, -0.1) is 0 Å². The van der Waals surface area contributed by atoms with Gasteiger partial charge < -0.3 is 15.2 Å². The van der Waals surface area contributed by atoms with Crippen molar-refractivity contribution in [3.63, 3.8) is 0 Å². The van der Waals surface area contributed by atoms with Gasteiger partial charge in [-0.3, -0.25) is 9.36 Å². The lowest BCUT2D eigenvalue weighted by Gasteiger charge is -2.18. The second-order valence-corrected chi connectivity index (χ2v) is 6.95. The van der Waals surface area contributed by atoms with E-state index >= 15 is 0 Å². The van der Waals surface area contributed by atoms with Crippen LogP contribution in [0.5, 0.6) is 0 Å². The Hall–Kier alpha value is -2.45. The first-order valence-electron chi connectivity index (χ1n) is 8.34. The highest BCUT2D eigenvalue weighted by Gasteiger charge is 2.23. The zero-order valence-corrected chi connectivity index (χ0v) is 15.8. The van der Waals surface area contributed by atoms with E-state index < -0.39 is 11.4 Å². The molecule has 0 saturated carbocycles. The van der Waals surface area contributed by atoms with Gasteiger partial charge in [0, 0.05) is 21.2 Å². The van der Waals surface area contributed by atoms with Crippen LogP contribution in [0.15, 0.2) is 18.3 Å². The first-order valence-corrected chi connectivity index (χ1v) is 8.34. The normalized spacial score (nSPS) is 13.4. The summed E-state index contributed by atoms with van der Waals surface area (Å²) < 4.78 is 23.5. The maximum atomic E-state index is 14.8. The molecule has 140 valence electrons. The third-order valence-corrected chi connectivity index (χ3v) is 4.59. The molecule has 3 rings (SSSR count). The van der Waals surface area contributed by atoms with Crippen molar-refractivity contribution in [2.24, 2.45) is 14.1 Å². The number of ether oxygens (including phenoxy) is 1. The number of nitrogens with one attached hydrogen (secondary N) is 1. The second kappa shape index (κ2) is 6.37. The van der Waals surface area contributed by atoms with E-state index in [0.29, 0.717) is 28.0 Å². The summed E-state index contributed by atoms with van der Waals surface area (Å²) in [6, 6.07) is 3.09. The van der Waals surface area contributed by atoms with Crippen LogP contribution in [0.3, 0.4) is 0 Å². The summed E-state index contributed by atoms with van der Waals surface area (Å²) in [5, 5.41) is 22.4. The largest absolute Gasteiger partial charge is 0.386 e. The lowest BCUT2D eigenvalue weighted by atomic mass is 9.97. The monoisotopic (exact) mass is 361 g/mol. The second-order valence-electron chi connectivity index (χ2n) is 6.95. The Morgan fingerprint density at radius 2 is 1.96 bits per heavy atom. The standard InChI is InChI=1S/C18H24FN5O2/c1-10(26-6)16-13(9-20-24(16)5)21-17-15-12(19)7-11(18(2,3)25)8-14(15)23(4)22-17/h7-10,25H,1-6H3,(H,21,22). The van der Waals surface area contributed by atoms with Crippen molar-refractivity contribution in [3.8, 4) is 0 Å². The van der Waals surface area contributed by atoms with Gasteiger partial charge in [0.15, 0.2) is 5.82 Å². The van der Waals surface area contributed by atoms with Gasteiger partial charge in [-0.2, -0.15) is 10.2 Å². The molecule has 1 atom stereocenters. The summed E-state index contributed by atoms with van der Waals surface area (Å²) in [5.41, 5.74) is 1.48. The molecule has 26 heavy (non-hydrogen) atoms. The van der Waals surface area contributed by atoms with E-state index in [-0.39, 0.29) is 6.10 Å². The highest BCUT2D eigenvalue weighted by molar-refractivity contribution is 5.93. The van der Waals surface area contributed by atoms with Crippen LogP contribution in [0.4, 0.5) is 15.9 Å². The molecule has 0 saturated heterocycles. The molecule has 2 N–H and O–H groups in total. The van der Waals surface area contributed by atoms with Crippen molar-refractivity contribution in [1.82, 2.24) is 19.6 Å². The number of hydrogen-bond acceptors (Lipinski definition) is 5. The Morgan fingerprint density at radius 1 is 1.27 bits per heavy atom. The van der Waals surface area contributed by atoms with Crippen molar-refractivity contribution < 1.29 is 14.2 Å². The topological polar surface area (TPSA) is 77.1 Å². The number of anilines is 2. The van der Waals surface area contributed by atoms with Crippen LogP contribution in [0.2, 0.25) is 0 Å². The molecule has 2 aromatic heterocycles. The molecule has 3 aromatic rings. The van der Waals surface area contributed by atoms with E-state index in [1.807, 2.05) is 14.0 Å². The summed E-state index contributed by atoms with van der Waals surface area (Å²) in [6.07, 6.45) is 1.47. The highest BCUT2D eigenvalue weighted by Crippen LogP contribution is 2.34. The fourth-order valence-electron chi connectivity index (χ4n) is 3.04. The molecule has 2 heterocycles. The van der Waals surface area contributed by atoms with Crippen molar-refractivity contribution >= 4 is 22.4 Å². The van der Waals surface area contributed by atoms with Gasteiger partial charge in [0.05, 0.1) is 40.2 Å². The van der Waals surface area contributed by atoms with Crippen molar-refractivity contribution in [2.75, 3.05) is 12.4 Å². The zero-order valence-electron chi connectivity index (χ0n) is 15.8. The first-order chi connectivity index (χ1) is 12.1. The van der Waals surface area contributed by atoms with Crippen molar-refractivity contribution in [3.05, 3.63) is 35.4 Å². The number of benzene rings is 1. The SMILES string of the molecule is COC(C)c1c(Nc2nn(C)c3cc(C(C)(C)O)cc(F)c23)cnn1C. The minimum atomic E-state index is -1.14. The number of nitrogens with zero attached hydrogens (tertiary/aromatic N) is 4. The molecule has 0 amide bonds. The van der Waals surface area contributed by atoms with Crippen LogP contribution < -0.4 is 5.32 Å². The third-order valence-electron chi connectivity index (χ3n) is 4.59. The molecule has 0 radical (unpaired) electrons. The zero-order chi connectivity index (χ0) is 19.2. The van der Waals surface area contributed by atoms with Gasteiger partial charge in [-0.25, -0.2) is 4.39 Å². The van der Waals surface area contributed by atoms with Crippen LogP contribution in [-0.4, -0.2) is 31.8 Å². The van der Waals surface area contributed by atoms with Gasteiger partial charge in [0.1, 0.15) is 5.82 Å². The predicted octanol–water partition coefficient (Wildman–Crippen LogP) is 3.12. The fourth-order valence-corrected chi connectivity index (χ4v) is 3.04. The quantitative estimate of drug-likeness (QED) is 0.730. The molecule has 0 spiro atoms. The average Bonchev–Trinajstić information content (AvgIpc) is 3.07. The molecular weight excluding hydrogens is 337 g/mol. The maximum absolute atomic E-state index is 14.8. The van der Waals surface area contributed by atoms with Gasteiger partial charge in [-0.1, -0.05) is 0 Å². The number of aryl methyl sites for hydroxylation is 2. The summed E-state index contributed by atoms with van der Waals surface area (Å²) >= 11 is 0. The number of halogens is 1. The number of aliphatic hydroxyl groups is 1. The molecule has 0 fully saturated rings. The van der Waals surface area contributed by atoms with Gasteiger partial charge in [-0.05, 0) is 38.5 Å². The number of rotatable bonds is 5. The van der Waals surface area contributed by atoms with Crippen LogP contribution in [-0.2, 0) is 24.4 Å². The van der Waals surface area contributed by atoms with E-state index in [0.717, 1.165) is 5.69 Å². The minimum absolute atomic E-state index is 0.188. The van der Waals surface area contributed by atoms with E-state index in [9.17, 15) is 9.50 Å². The predicted molar refractivity (Wildman–Crippen MR) is 97.8 cm³/mol. The molecular formula is C18H24FN5O2. The van der Waals surface area contributed by atoms with E-state index in [1.165, 1.54) is 6.07 Å². The molecule has 8 heteroatoms. The smallest absolute Gasteiger partial charge is 0.163 e. The fraction of sp³-hybridized carbons (Fsp3) is 0.444. The van der Waals surface area contributed by atoms with Crippen LogP contribution >= 0.6 is 0 Å². The Bertz CT molecular complexity index is 955. The maximum Gasteiger partial charge on any atom is 0.163 e. The molecule has 7 nitrogen and oxygen atoms in total. The minimum Gasteiger partial charge on any atom is -0.386 e. The number of hydrogen-bond donors (Lipinski definition) is 2. The summed E-state index contributed by atoms with van der Waals surface area (Å²) in [5.74, 6) is -0.0553. The molecule has 0 aliphatic rings. The Morgan fingerprint density at radius 3 is 2.58 bits per heavy atom. The van der Waals surface area contributed by atoms with E-state index in [4.69, 9.17) is 4.74 Å². The number of aromatic nitrogens is 4. The highest BCUT2D eigenvalue weighted by atomic mass is 19.1. The van der Waals surface area contributed by atoms with E-state index in [1.54, 1.807) is 49.6 Å². The molecule has 1 unspecified atom stereocenters. The van der Waals surface area contributed by atoms with Crippen LogP contribution in [0.25, 0.3) is 10.9 Å². The summed E-state index contributed by atoms with van der Waals surface area (Å²) in [4.78, 5) is 0. The first kappa shape index (κ1) is 18.3. The van der Waals surface area contributed by atoms with Crippen LogP contribution in [0, 0.1) is 5.82 Å². The molecule has 0 bridgehead atoms. The third kappa shape index (κ3) is 3.06. The number of methoxy groups -OCH3 is 1. The van der Waals surface area contributed by atoms with Crippen LogP contribution in [0.1, 0.15) is 38.1 Å². The molecule has 0 aliphatic carbocycles. The van der Waals surface area contributed by atoms with Gasteiger partial charge >= 0.3 is 0 Å². The summed E-state index contributed by atoms with van der Waals surface area (Å²) in [6.45, 7) is 5.16. The van der Waals surface area contributed by atoms with Crippen molar-refractivity contribution in [2.45, 2.75) is 32.5 Å². The molecule has 0 aliphatic heterocycles. The van der Waals surface area contributed by atoms with Gasteiger partial charge in [0.25, 0.3) is 0 Å². The van der Waals surface area contributed by atoms with Crippen molar-refractivity contribution in [1.29, 1.82) is 0 Å². The Balaban J connectivity index is 2.11. The lowest BCUT2D eigenvalue weighted by molar-refractivity contribution is 0.0784. The Labute approximate surface area is 151 Å². The van der Waals surface area contributed by atoms with Gasteiger partial charge in [0.2, 0.25) is 0 Å². The average molecular weight is 361 g/mol.